The summed E-state index contributed by atoms with van der Waals surface area (Å²) in [5.41, 5.74) is -3.29. The van der Waals surface area contributed by atoms with Gasteiger partial charge in [-0.15, -0.1) is 0 Å². The van der Waals surface area contributed by atoms with Crippen molar-refractivity contribution in [1.82, 2.24) is 14.7 Å². The number of esters is 3. The Hall–Kier alpha value is -3.75. The highest BCUT2D eigenvalue weighted by molar-refractivity contribution is 5.68. The zero-order valence-electron chi connectivity index (χ0n) is 15.8. The fourth-order valence-corrected chi connectivity index (χ4v) is 3.03. The number of H-pyrrole nitrogens is 1. The van der Waals surface area contributed by atoms with Crippen molar-refractivity contribution in [2.24, 2.45) is 0 Å². The van der Waals surface area contributed by atoms with Crippen LogP contribution < -0.4 is 16.2 Å². The van der Waals surface area contributed by atoms with E-state index in [0.29, 0.717) is 4.57 Å². The van der Waals surface area contributed by atoms with E-state index in [1.54, 1.807) is 0 Å². The molecule has 3 heterocycles. The van der Waals surface area contributed by atoms with Crippen molar-refractivity contribution < 1.29 is 42.9 Å². The van der Waals surface area contributed by atoms with Gasteiger partial charge in [0.15, 0.2) is 18.4 Å². The third-order valence-electron chi connectivity index (χ3n) is 4.07. The maximum absolute atomic E-state index is 12.5. The highest BCUT2D eigenvalue weighted by atomic mass is 16.8. The first-order chi connectivity index (χ1) is 14.1. The number of hydrogen-bond donors (Lipinski definition) is 1. The van der Waals surface area contributed by atoms with E-state index < -0.39 is 71.5 Å². The zero-order valence-corrected chi connectivity index (χ0v) is 15.8. The fourth-order valence-electron chi connectivity index (χ4n) is 3.03. The van der Waals surface area contributed by atoms with Crippen LogP contribution in [0.1, 0.15) is 27.0 Å². The van der Waals surface area contributed by atoms with Gasteiger partial charge in [0.05, 0.1) is 5.16 Å². The molecule has 15 heteroatoms. The van der Waals surface area contributed by atoms with Gasteiger partial charge in [0, 0.05) is 20.8 Å². The van der Waals surface area contributed by atoms with E-state index >= 15 is 0 Å². The molecule has 15 nitrogen and oxygen atoms in total. The second-order valence-corrected chi connectivity index (χ2v) is 6.25. The van der Waals surface area contributed by atoms with Crippen LogP contribution >= 0.6 is 0 Å². The second kappa shape index (κ2) is 7.94. The van der Waals surface area contributed by atoms with Gasteiger partial charge >= 0.3 is 40.3 Å². The third-order valence-corrected chi connectivity index (χ3v) is 4.07. The number of carbonyl (C=O) groups is 3. The van der Waals surface area contributed by atoms with Crippen LogP contribution in [0.15, 0.2) is 14.2 Å². The van der Waals surface area contributed by atoms with Crippen LogP contribution in [-0.4, -0.2) is 57.5 Å². The Bertz CT molecular complexity index is 1120. The van der Waals surface area contributed by atoms with Gasteiger partial charge in [0.1, 0.15) is 12.7 Å². The quantitative estimate of drug-likeness (QED) is 0.302. The molecule has 0 amide bonds. The summed E-state index contributed by atoms with van der Waals surface area (Å²) in [6.45, 7) is 2.87. The van der Waals surface area contributed by atoms with Crippen molar-refractivity contribution in [3.8, 4) is 0 Å². The fraction of sp³-hybridized carbons (Fsp3) is 0.533. The van der Waals surface area contributed by atoms with E-state index in [0.717, 1.165) is 20.8 Å². The van der Waals surface area contributed by atoms with E-state index in [9.17, 15) is 29.2 Å². The van der Waals surface area contributed by atoms with Gasteiger partial charge in [-0.25, -0.2) is 9.36 Å². The Kier molecular flexibility index (Phi) is 5.55. The van der Waals surface area contributed by atoms with Crippen LogP contribution in [-0.2, 0) is 33.3 Å². The minimum atomic E-state index is -1.52. The molecular weight excluding hydrogens is 412 g/mol. The van der Waals surface area contributed by atoms with Crippen LogP contribution in [0.2, 0.25) is 0 Å². The van der Waals surface area contributed by atoms with Gasteiger partial charge < -0.3 is 24.2 Å². The average molecular weight is 428 g/mol. The molecule has 1 fully saturated rings. The SMILES string of the molecule is CC(=O)OC[C@H]1O[C@H](n2c(=O)[nH]c(=O)c3c2no[n+]3[O-])[C@@H](OC(C)=O)[C@@H]1OC(C)=O. The van der Waals surface area contributed by atoms with Gasteiger partial charge in [-0.1, -0.05) is 0 Å². The number of aromatic amines is 1. The highest BCUT2D eigenvalue weighted by Crippen LogP contribution is 2.34. The number of aromatic nitrogens is 4. The Balaban J connectivity index is 2.14. The van der Waals surface area contributed by atoms with Crippen molar-refractivity contribution in [3.63, 3.8) is 0 Å². The monoisotopic (exact) mass is 428 g/mol. The zero-order chi connectivity index (χ0) is 22.2. The molecule has 1 aliphatic heterocycles. The summed E-state index contributed by atoms with van der Waals surface area (Å²) >= 11 is 0. The molecule has 162 valence electrons. The van der Waals surface area contributed by atoms with E-state index in [4.69, 9.17) is 18.9 Å². The first-order valence-corrected chi connectivity index (χ1v) is 8.47. The minimum Gasteiger partial charge on any atom is -0.463 e. The number of fused-ring (bicyclic) bond motifs is 1. The molecule has 3 rings (SSSR count). The third kappa shape index (κ3) is 3.86. The molecule has 0 spiro atoms. The van der Waals surface area contributed by atoms with Crippen molar-refractivity contribution in [2.75, 3.05) is 6.61 Å². The van der Waals surface area contributed by atoms with Crippen LogP contribution in [0, 0.1) is 5.21 Å². The molecule has 2 aromatic heterocycles. The molecule has 0 aromatic carbocycles. The summed E-state index contributed by atoms with van der Waals surface area (Å²) in [6.07, 6.45) is -5.39. The summed E-state index contributed by atoms with van der Waals surface area (Å²) in [6, 6.07) is 0. The Labute approximate surface area is 165 Å². The molecule has 0 radical (unpaired) electrons. The first-order valence-electron chi connectivity index (χ1n) is 8.47. The van der Waals surface area contributed by atoms with Gasteiger partial charge in [0.2, 0.25) is 0 Å². The Morgan fingerprint density at radius 2 is 1.77 bits per heavy atom. The molecule has 4 atom stereocenters. The van der Waals surface area contributed by atoms with Crippen LogP contribution in [0.3, 0.4) is 0 Å². The number of rotatable bonds is 5. The first kappa shape index (κ1) is 21.0. The smallest absolute Gasteiger partial charge is 0.334 e. The number of nitrogens with zero attached hydrogens (tertiary/aromatic N) is 3. The number of hydrogen-bond acceptors (Lipinski definition) is 12. The number of carbonyl (C=O) groups excluding carboxylic acids is 3. The minimum absolute atomic E-state index is 0.222. The van der Waals surface area contributed by atoms with E-state index in [1.807, 2.05) is 4.98 Å². The van der Waals surface area contributed by atoms with Crippen molar-refractivity contribution in [2.45, 2.75) is 45.3 Å². The summed E-state index contributed by atoms with van der Waals surface area (Å²) in [5.74, 6) is -2.25. The van der Waals surface area contributed by atoms with Crippen LogP contribution in [0.5, 0.6) is 0 Å². The lowest BCUT2D eigenvalue weighted by molar-refractivity contribution is -0.782. The molecular formula is C15H16N4O11. The molecule has 1 saturated heterocycles. The van der Waals surface area contributed by atoms with Crippen molar-refractivity contribution >= 4 is 29.1 Å². The summed E-state index contributed by atoms with van der Waals surface area (Å²) in [4.78, 5) is 60.5. The molecule has 30 heavy (non-hydrogen) atoms. The number of nitrogens with one attached hydrogen (secondary N) is 1. The maximum atomic E-state index is 12.5. The van der Waals surface area contributed by atoms with E-state index in [1.165, 1.54) is 0 Å². The van der Waals surface area contributed by atoms with Gasteiger partial charge in [-0.3, -0.25) is 28.8 Å². The largest absolute Gasteiger partial charge is 0.463 e. The van der Waals surface area contributed by atoms with Crippen LogP contribution in [0.4, 0.5) is 0 Å². The molecule has 0 aliphatic carbocycles. The molecule has 1 aliphatic rings. The van der Waals surface area contributed by atoms with Gasteiger partial charge in [0.25, 0.3) is 0 Å². The number of ether oxygens (including phenoxy) is 4. The Morgan fingerprint density at radius 1 is 1.13 bits per heavy atom. The predicted molar refractivity (Wildman–Crippen MR) is 89.5 cm³/mol. The van der Waals surface area contributed by atoms with E-state index in [-0.39, 0.29) is 4.90 Å². The normalized spacial score (nSPS) is 23.3. The maximum Gasteiger partial charge on any atom is 0.334 e. The summed E-state index contributed by atoms with van der Waals surface area (Å²) in [5, 5.41) is 15.1. The Morgan fingerprint density at radius 3 is 2.37 bits per heavy atom. The molecule has 0 bridgehead atoms. The molecule has 1 N–H and O–H groups in total. The molecule has 0 saturated carbocycles. The lowest BCUT2D eigenvalue weighted by Crippen LogP contribution is -2.43. The van der Waals surface area contributed by atoms with Crippen molar-refractivity contribution in [3.05, 3.63) is 26.0 Å². The van der Waals surface area contributed by atoms with Crippen LogP contribution in [0.25, 0.3) is 11.2 Å². The highest BCUT2D eigenvalue weighted by Gasteiger charge is 2.52. The summed E-state index contributed by atoms with van der Waals surface area (Å²) in [7, 11) is 0. The van der Waals surface area contributed by atoms with Gasteiger partial charge in [-0.05, 0) is 4.90 Å². The topological polar surface area (TPSA) is 196 Å². The lowest BCUT2D eigenvalue weighted by atomic mass is 10.1. The molecule has 0 unspecified atom stereocenters. The van der Waals surface area contributed by atoms with Gasteiger partial charge in [-0.2, -0.15) is 0 Å². The average Bonchev–Trinajstić information content (AvgIpc) is 3.15. The summed E-state index contributed by atoms with van der Waals surface area (Å²) < 4.78 is 26.0. The standard InChI is InChI=1S/C15H16N4O11/c1-5(20)26-4-8-10(27-6(2)21)11(28-7(3)22)14(29-8)18-12-9(19(25)30-17-12)13(23)16-15(18)24/h8,10-11,14H,4H2,1-3H3,(H,16,23,24)/t8-,10-,11+,14+/m1/s1. The van der Waals surface area contributed by atoms with E-state index in [2.05, 4.69) is 9.79 Å². The van der Waals surface area contributed by atoms with Crippen molar-refractivity contribution in [1.29, 1.82) is 0 Å². The molecule has 2 aromatic rings. The second-order valence-electron chi connectivity index (χ2n) is 6.25. The lowest BCUT2D eigenvalue weighted by Gasteiger charge is -2.23. The predicted octanol–water partition coefficient (Wildman–Crippen LogP) is -2.36.